The largest absolute Gasteiger partial charge is 0.256 e. The second-order valence-electron chi connectivity index (χ2n) is 3.65. The fourth-order valence-electron chi connectivity index (χ4n) is 1.77. The molecule has 0 saturated heterocycles. The normalized spacial score (nSPS) is 10.9. The van der Waals surface area contributed by atoms with Gasteiger partial charge in [-0.1, -0.05) is 18.2 Å². The molecule has 0 unspecified atom stereocenters. The highest BCUT2D eigenvalue weighted by Gasteiger charge is 2.08. The minimum Gasteiger partial charge on any atom is -0.256 e. The molecule has 0 amide bonds. The molecule has 2 nitrogen and oxygen atoms in total. The van der Waals surface area contributed by atoms with Crippen LogP contribution in [0.5, 0.6) is 0 Å². The van der Waals surface area contributed by atoms with E-state index in [0.29, 0.717) is 5.88 Å². The van der Waals surface area contributed by atoms with Crippen LogP contribution in [0, 0.1) is 0 Å². The topological polar surface area (TPSA) is 25.8 Å². The lowest BCUT2D eigenvalue weighted by molar-refractivity contribution is 1.23. The number of alkyl halides is 1. The monoisotopic (exact) mass is 260 g/mol. The molecular formula is C13H9ClN2S. The van der Waals surface area contributed by atoms with E-state index < -0.39 is 0 Å². The third kappa shape index (κ3) is 1.92. The fraction of sp³-hybridized carbons (Fsp3) is 0.0769. The maximum atomic E-state index is 5.78. The van der Waals surface area contributed by atoms with Crippen molar-refractivity contribution in [3.8, 4) is 10.6 Å². The Morgan fingerprint density at radius 3 is 2.88 bits per heavy atom. The predicted octanol–water partition coefficient (Wildman–Crippen LogP) is 4.10. The zero-order valence-corrected chi connectivity index (χ0v) is 10.5. The molecule has 1 aromatic carbocycles. The SMILES string of the molecule is ClCc1csc(-c2ccnc3ccccc23)n1. The molecule has 0 aliphatic carbocycles. The van der Waals surface area contributed by atoms with Gasteiger partial charge in [0.2, 0.25) is 0 Å². The predicted molar refractivity (Wildman–Crippen MR) is 72.4 cm³/mol. The molecule has 4 heteroatoms. The Kier molecular flexibility index (Phi) is 2.79. The lowest BCUT2D eigenvalue weighted by Crippen LogP contribution is -1.84. The number of hydrogen-bond donors (Lipinski definition) is 0. The summed E-state index contributed by atoms with van der Waals surface area (Å²) >= 11 is 7.40. The summed E-state index contributed by atoms with van der Waals surface area (Å²) in [4.78, 5) is 8.85. The molecule has 84 valence electrons. The van der Waals surface area contributed by atoms with E-state index in [1.807, 2.05) is 35.8 Å². The molecule has 3 rings (SSSR count). The fourth-order valence-corrected chi connectivity index (χ4v) is 2.86. The van der Waals surface area contributed by atoms with Crippen molar-refractivity contribution < 1.29 is 0 Å². The molecule has 0 aliphatic rings. The van der Waals surface area contributed by atoms with E-state index in [-0.39, 0.29) is 0 Å². The van der Waals surface area contributed by atoms with Crippen LogP contribution in [-0.4, -0.2) is 9.97 Å². The van der Waals surface area contributed by atoms with Crippen molar-refractivity contribution in [1.82, 2.24) is 9.97 Å². The summed E-state index contributed by atoms with van der Waals surface area (Å²) in [5, 5.41) is 4.13. The highest BCUT2D eigenvalue weighted by Crippen LogP contribution is 2.29. The first-order chi connectivity index (χ1) is 8.38. The van der Waals surface area contributed by atoms with Gasteiger partial charge in [-0.15, -0.1) is 22.9 Å². The summed E-state index contributed by atoms with van der Waals surface area (Å²) in [5.74, 6) is 0.458. The average molecular weight is 261 g/mol. The molecule has 2 aromatic heterocycles. The molecular weight excluding hydrogens is 252 g/mol. The lowest BCUT2D eigenvalue weighted by Gasteiger charge is -2.01. The molecule has 0 atom stereocenters. The molecule has 17 heavy (non-hydrogen) atoms. The summed E-state index contributed by atoms with van der Waals surface area (Å²) in [6, 6.07) is 10.1. The summed E-state index contributed by atoms with van der Waals surface area (Å²) in [6.45, 7) is 0. The van der Waals surface area contributed by atoms with Crippen LogP contribution in [0.2, 0.25) is 0 Å². The number of hydrogen-bond acceptors (Lipinski definition) is 3. The quantitative estimate of drug-likeness (QED) is 0.649. The van der Waals surface area contributed by atoms with Crippen LogP contribution < -0.4 is 0 Å². The molecule has 0 saturated carbocycles. The number of aromatic nitrogens is 2. The summed E-state index contributed by atoms with van der Waals surface area (Å²) in [5.41, 5.74) is 3.04. The first kappa shape index (κ1) is 10.7. The summed E-state index contributed by atoms with van der Waals surface area (Å²) < 4.78 is 0. The van der Waals surface area contributed by atoms with Gasteiger partial charge in [0.15, 0.2) is 0 Å². The Morgan fingerprint density at radius 2 is 2.06 bits per heavy atom. The van der Waals surface area contributed by atoms with Crippen LogP contribution in [-0.2, 0) is 5.88 Å². The Balaban J connectivity index is 2.23. The third-order valence-corrected chi connectivity index (χ3v) is 3.77. The minimum absolute atomic E-state index is 0.458. The maximum Gasteiger partial charge on any atom is 0.124 e. The number of halogens is 1. The molecule has 0 bridgehead atoms. The van der Waals surface area contributed by atoms with Crippen molar-refractivity contribution >= 4 is 33.8 Å². The van der Waals surface area contributed by atoms with E-state index in [0.717, 1.165) is 27.2 Å². The smallest absolute Gasteiger partial charge is 0.124 e. The van der Waals surface area contributed by atoms with Crippen LogP contribution in [0.25, 0.3) is 21.5 Å². The zero-order chi connectivity index (χ0) is 11.7. The van der Waals surface area contributed by atoms with Crippen LogP contribution in [0.15, 0.2) is 41.9 Å². The van der Waals surface area contributed by atoms with Crippen molar-refractivity contribution in [2.24, 2.45) is 0 Å². The number of nitrogens with zero attached hydrogens (tertiary/aromatic N) is 2. The molecule has 0 spiro atoms. The molecule has 2 heterocycles. The van der Waals surface area contributed by atoms with Crippen molar-refractivity contribution in [3.63, 3.8) is 0 Å². The first-order valence-electron chi connectivity index (χ1n) is 5.23. The van der Waals surface area contributed by atoms with Crippen molar-refractivity contribution in [2.45, 2.75) is 5.88 Å². The van der Waals surface area contributed by atoms with Gasteiger partial charge < -0.3 is 0 Å². The number of fused-ring (bicyclic) bond motifs is 1. The zero-order valence-electron chi connectivity index (χ0n) is 8.93. The second kappa shape index (κ2) is 4.43. The van der Waals surface area contributed by atoms with E-state index in [1.165, 1.54) is 0 Å². The number of rotatable bonds is 2. The Bertz CT molecular complexity index is 658. The maximum absolute atomic E-state index is 5.78. The first-order valence-corrected chi connectivity index (χ1v) is 6.64. The van der Waals surface area contributed by atoms with Gasteiger partial charge in [0, 0.05) is 22.5 Å². The van der Waals surface area contributed by atoms with Gasteiger partial charge >= 0.3 is 0 Å². The van der Waals surface area contributed by atoms with E-state index in [2.05, 4.69) is 16.0 Å². The van der Waals surface area contributed by atoms with Gasteiger partial charge in [0.05, 0.1) is 17.1 Å². The van der Waals surface area contributed by atoms with E-state index in [1.54, 1.807) is 11.3 Å². The van der Waals surface area contributed by atoms with Crippen molar-refractivity contribution in [2.75, 3.05) is 0 Å². The van der Waals surface area contributed by atoms with Gasteiger partial charge in [0.25, 0.3) is 0 Å². The minimum atomic E-state index is 0.458. The summed E-state index contributed by atoms with van der Waals surface area (Å²) in [6.07, 6.45) is 1.82. The average Bonchev–Trinajstić information content (AvgIpc) is 2.87. The molecule has 0 N–H and O–H groups in total. The number of thiazole rings is 1. The van der Waals surface area contributed by atoms with Crippen LogP contribution in [0.1, 0.15) is 5.69 Å². The van der Waals surface area contributed by atoms with E-state index in [9.17, 15) is 0 Å². The van der Waals surface area contributed by atoms with Crippen molar-refractivity contribution in [1.29, 1.82) is 0 Å². The second-order valence-corrected chi connectivity index (χ2v) is 4.78. The number of para-hydroxylation sites is 1. The highest BCUT2D eigenvalue weighted by molar-refractivity contribution is 7.13. The standard InChI is InChI=1S/C13H9ClN2S/c14-7-9-8-17-13(16-9)11-5-6-15-12-4-2-1-3-10(11)12/h1-6,8H,7H2. The van der Waals surface area contributed by atoms with Crippen LogP contribution in [0.3, 0.4) is 0 Å². The Labute approximate surface area is 108 Å². The van der Waals surface area contributed by atoms with E-state index in [4.69, 9.17) is 11.6 Å². The number of benzene rings is 1. The van der Waals surface area contributed by atoms with Gasteiger partial charge in [-0.25, -0.2) is 4.98 Å². The van der Waals surface area contributed by atoms with Gasteiger partial charge in [-0.2, -0.15) is 0 Å². The summed E-state index contributed by atoms with van der Waals surface area (Å²) in [7, 11) is 0. The van der Waals surface area contributed by atoms with Gasteiger partial charge in [-0.3, -0.25) is 4.98 Å². The van der Waals surface area contributed by atoms with Gasteiger partial charge in [0.1, 0.15) is 5.01 Å². The van der Waals surface area contributed by atoms with Crippen LogP contribution >= 0.6 is 22.9 Å². The van der Waals surface area contributed by atoms with Crippen LogP contribution in [0.4, 0.5) is 0 Å². The molecule has 0 fully saturated rings. The third-order valence-electron chi connectivity index (χ3n) is 2.57. The molecule has 0 aliphatic heterocycles. The highest BCUT2D eigenvalue weighted by atomic mass is 35.5. The van der Waals surface area contributed by atoms with Crippen molar-refractivity contribution in [3.05, 3.63) is 47.6 Å². The van der Waals surface area contributed by atoms with Gasteiger partial charge in [-0.05, 0) is 12.1 Å². The number of pyridine rings is 1. The Morgan fingerprint density at radius 1 is 1.18 bits per heavy atom. The molecule has 0 radical (unpaired) electrons. The molecule has 3 aromatic rings. The van der Waals surface area contributed by atoms with E-state index >= 15 is 0 Å². The Hall–Kier alpha value is -1.45. The lowest BCUT2D eigenvalue weighted by atomic mass is 10.1.